The number of carboxylic acid groups (broad SMARTS) is 1. The molecule has 0 fully saturated rings. The van der Waals surface area contributed by atoms with Crippen LogP contribution in [0.15, 0.2) is 0 Å². The maximum Gasteiger partial charge on any atom is 0.413 e. The van der Waals surface area contributed by atoms with Crippen molar-refractivity contribution in [2.24, 2.45) is 0 Å². The van der Waals surface area contributed by atoms with Crippen molar-refractivity contribution < 1.29 is 14.7 Å². The standard InChI is InChI=1S/C4H6INO3/c1-6(4(8)9)3(7)2-5/h2H2,1H3,(H,8,9). The SMILES string of the molecule is CN(C(=O)O)C(=O)CI. The van der Waals surface area contributed by atoms with E-state index in [0.29, 0.717) is 4.90 Å². The van der Waals surface area contributed by atoms with E-state index in [-0.39, 0.29) is 4.43 Å². The number of hydrogen-bond donors (Lipinski definition) is 1. The van der Waals surface area contributed by atoms with Gasteiger partial charge in [-0.3, -0.25) is 9.69 Å². The molecule has 0 saturated carbocycles. The molecule has 0 bridgehead atoms. The number of halogens is 1. The summed E-state index contributed by atoms with van der Waals surface area (Å²) < 4.78 is 0.195. The van der Waals surface area contributed by atoms with Gasteiger partial charge in [0.15, 0.2) is 0 Å². The van der Waals surface area contributed by atoms with Gasteiger partial charge in [-0.05, 0) is 0 Å². The van der Waals surface area contributed by atoms with Crippen LogP contribution in [-0.4, -0.2) is 33.5 Å². The third-order valence-corrected chi connectivity index (χ3v) is 1.43. The van der Waals surface area contributed by atoms with Crippen LogP contribution in [-0.2, 0) is 4.79 Å². The Hall–Kier alpha value is -0.330. The monoisotopic (exact) mass is 243 g/mol. The molecule has 4 nitrogen and oxygen atoms in total. The highest BCUT2D eigenvalue weighted by Gasteiger charge is 2.12. The van der Waals surface area contributed by atoms with Crippen molar-refractivity contribution in [1.82, 2.24) is 4.90 Å². The minimum absolute atomic E-state index is 0.195. The van der Waals surface area contributed by atoms with Gasteiger partial charge in [-0.25, -0.2) is 4.79 Å². The topological polar surface area (TPSA) is 57.6 Å². The normalized spacial score (nSPS) is 8.67. The molecule has 52 valence electrons. The van der Waals surface area contributed by atoms with Crippen molar-refractivity contribution in [3.05, 3.63) is 0 Å². The third-order valence-electron chi connectivity index (χ3n) is 0.775. The number of imide groups is 1. The van der Waals surface area contributed by atoms with Crippen LogP contribution in [0.5, 0.6) is 0 Å². The van der Waals surface area contributed by atoms with E-state index < -0.39 is 12.0 Å². The Morgan fingerprint density at radius 1 is 1.67 bits per heavy atom. The summed E-state index contributed by atoms with van der Waals surface area (Å²) in [6.07, 6.45) is -1.21. The maximum absolute atomic E-state index is 10.5. The van der Waals surface area contributed by atoms with E-state index in [1.54, 1.807) is 0 Å². The summed E-state index contributed by atoms with van der Waals surface area (Å²) in [4.78, 5) is 21.2. The van der Waals surface area contributed by atoms with E-state index in [2.05, 4.69) is 0 Å². The fourth-order valence-electron chi connectivity index (χ4n) is 0.196. The average molecular weight is 243 g/mol. The summed E-state index contributed by atoms with van der Waals surface area (Å²) >= 11 is 1.81. The smallest absolute Gasteiger partial charge is 0.413 e. The molecule has 0 heterocycles. The van der Waals surface area contributed by atoms with Gasteiger partial charge in [-0.2, -0.15) is 0 Å². The lowest BCUT2D eigenvalue weighted by Crippen LogP contribution is -2.32. The van der Waals surface area contributed by atoms with Crippen LogP contribution < -0.4 is 0 Å². The first-order chi connectivity index (χ1) is 4.09. The quantitative estimate of drug-likeness (QED) is 0.540. The first-order valence-corrected chi connectivity index (χ1v) is 3.67. The Labute approximate surface area is 66.0 Å². The van der Waals surface area contributed by atoms with E-state index in [1.165, 1.54) is 7.05 Å². The molecule has 0 aliphatic carbocycles. The number of alkyl halides is 1. The molecule has 0 atom stereocenters. The van der Waals surface area contributed by atoms with Gasteiger partial charge in [0.25, 0.3) is 0 Å². The van der Waals surface area contributed by atoms with Gasteiger partial charge in [0, 0.05) is 7.05 Å². The molecule has 0 radical (unpaired) electrons. The molecule has 0 aliphatic rings. The predicted octanol–water partition coefficient (Wildman–Crippen LogP) is 0.558. The highest BCUT2D eigenvalue weighted by molar-refractivity contribution is 14.1. The van der Waals surface area contributed by atoms with Crippen LogP contribution in [0.4, 0.5) is 4.79 Å². The molecular formula is C4H6INO3. The van der Waals surface area contributed by atoms with Crippen molar-refractivity contribution in [2.45, 2.75) is 0 Å². The van der Waals surface area contributed by atoms with Gasteiger partial charge < -0.3 is 5.11 Å². The van der Waals surface area contributed by atoms with Gasteiger partial charge in [0.1, 0.15) is 0 Å². The lowest BCUT2D eigenvalue weighted by Gasteiger charge is -2.06. The van der Waals surface area contributed by atoms with Crippen LogP contribution in [0.2, 0.25) is 0 Å². The largest absolute Gasteiger partial charge is 0.465 e. The van der Waals surface area contributed by atoms with Crippen molar-refractivity contribution in [2.75, 3.05) is 11.5 Å². The first-order valence-electron chi connectivity index (χ1n) is 2.15. The summed E-state index contributed by atoms with van der Waals surface area (Å²) in [5, 5.41) is 8.19. The van der Waals surface area contributed by atoms with Gasteiger partial charge in [-0.15, -0.1) is 0 Å². The molecule has 0 aliphatic heterocycles. The van der Waals surface area contributed by atoms with E-state index in [1.807, 2.05) is 22.6 Å². The zero-order valence-corrected chi connectivity index (χ0v) is 6.95. The molecule has 5 heteroatoms. The molecule has 0 aromatic rings. The zero-order chi connectivity index (χ0) is 7.44. The number of carbonyl (C=O) groups excluding carboxylic acids is 1. The number of hydrogen-bond acceptors (Lipinski definition) is 2. The highest BCUT2D eigenvalue weighted by atomic mass is 127. The summed E-state index contributed by atoms with van der Waals surface area (Å²) in [5.41, 5.74) is 0. The van der Waals surface area contributed by atoms with Crippen LogP contribution in [0.25, 0.3) is 0 Å². The molecule has 0 rings (SSSR count). The first kappa shape index (κ1) is 8.67. The Morgan fingerprint density at radius 3 is 2.22 bits per heavy atom. The minimum atomic E-state index is -1.21. The molecule has 0 unspecified atom stereocenters. The van der Waals surface area contributed by atoms with Gasteiger partial charge in [0.05, 0.1) is 4.43 Å². The summed E-state index contributed by atoms with van der Waals surface area (Å²) in [5.74, 6) is -0.400. The van der Waals surface area contributed by atoms with Crippen LogP contribution in [0, 0.1) is 0 Å². The molecular weight excluding hydrogens is 237 g/mol. The maximum atomic E-state index is 10.5. The molecule has 1 N–H and O–H groups in total. The van der Waals surface area contributed by atoms with Crippen LogP contribution in [0.1, 0.15) is 0 Å². The number of amides is 2. The second-order valence-corrected chi connectivity index (χ2v) is 2.13. The second-order valence-electron chi connectivity index (χ2n) is 1.37. The van der Waals surface area contributed by atoms with Crippen molar-refractivity contribution in [3.63, 3.8) is 0 Å². The zero-order valence-electron chi connectivity index (χ0n) is 4.80. The third kappa shape index (κ3) is 2.64. The molecule has 0 saturated heterocycles. The Kier molecular flexibility index (Phi) is 3.52. The number of carbonyl (C=O) groups is 2. The van der Waals surface area contributed by atoms with Crippen molar-refractivity contribution in [3.8, 4) is 0 Å². The minimum Gasteiger partial charge on any atom is -0.465 e. The summed E-state index contributed by atoms with van der Waals surface area (Å²) in [6, 6.07) is 0. The van der Waals surface area contributed by atoms with E-state index in [9.17, 15) is 9.59 Å². The molecule has 2 amide bonds. The Bertz CT molecular complexity index is 136. The lowest BCUT2D eigenvalue weighted by molar-refractivity contribution is -0.124. The number of rotatable bonds is 1. The van der Waals surface area contributed by atoms with Crippen molar-refractivity contribution in [1.29, 1.82) is 0 Å². The van der Waals surface area contributed by atoms with E-state index >= 15 is 0 Å². The van der Waals surface area contributed by atoms with E-state index in [4.69, 9.17) is 5.11 Å². The Morgan fingerprint density at radius 2 is 2.11 bits per heavy atom. The van der Waals surface area contributed by atoms with Crippen molar-refractivity contribution >= 4 is 34.6 Å². The summed E-state index contributed by atoms with van der Waals surface area (Å²) in [6.45, 7) is 0. The van der Waals surface area contributed by atoms with Gasteiger partial charge in [0.2, 0.25) is 5.91 Å². The lowest BCUT2D eigenvalue weighted by atomic mass is 10.6. The van der Waals surface area contributed by atoms with Crippen LogP contribution in [0.3, 0.4) is 0 Å². The van der Waals surface area contributed by atoms with Gasteiger partial charge in [-0.1, -0.05) is 22.6 Å². The molecule has 0 aromatic heterocycles. The Balaban J connectivity index is 3.88. The summed E-state index contributed by atoms with van der Waals surface area (Å²) in [7, 11) is 1.23. The second kappa shape index (κ2) is 3.65. The molecule has 0 spiro atoms. The van der Waals surface area contributed by atoms with E-state index in [0.717, 1.165) is 0 Å². The fraction of sp³-hybridized carbons (Fsp3) is 0.500. The van der Waals surface area contributed by atoms with Crippen LogP contribution >= 0.6 is 22.6 Å². The molecule has 9 heavy (non-hydrogen) atoms. The van der Waals surface area contributed by atoms with Gasteiger partial charge >= 0.3 is 6.09 Å². The predicted molar refractivity (Wildman–Crippen MR) is 39.7 cm³/mol. The fourth-order valence-corrected chi connectivity index (χ4v) is 0.708. The highest BCUT2D eigenvalue weighted by Crippen LogP contribution is 1.89. The average Bonchev–Trinajstić information content (AvgIpc) is 1.84. The molecule has 0 aromatic carbocycles. The number of nitrogens with zero attached hydrogens (tertiary/aromatic N) is 1.